The smallest absolute Gasteiger partial charge is 0.287 e. The van der Waals surface area contributed by atoms with Gasteiger partial charge < -0.3 is 9.73 Å². The summed E-state index contributed by atoms with van der Waals surface area (Å²) in [6.45, 7) is 4.08. The van der Waals surface area contributed by atoms with Gasteiger partial charge in [-0.1, -0.05) is 18.2 Å². The number of rotatable bonds is 5. The van der Waals surface area contributed by atoms with Crippen molar-refractivity contribution in [2.75, 3.05) is 0 Å². The third-order valence-corrected chi connectivity index (χ3v) is 6.79. The van der Waals surface area contributed by atoms with Crippen molar-refractivity contribution >= 4 is 26.7 Å². The highest BCUT2D eigenvalue weighted by molar-refractivity contribution is 7.91. The highest BCUT2D eigenvalue weighted by atomic mass is 32.2. The molecule has 4 aromatic rings. The lowest BCUT2D eigenvalue weighted by molar-refractivity contribution is 0.0925. The molecule has 0 aliphatic heterocycles. The van der Waals surface area contributed by atoms with E-state index in [2.05, 4.69) is 10.3 Å². The van der Waals surface area contributed by atoms with Crippen molar-refractivity contribution in [3.05, 3.63) is 89.4 Å². The fraction of sp³-hybridized carbons (Fsp3) is 0.130. The van der Waals surface area contributed by atoms with E-state index < -0.39 is 9.84 Å². The maximum atomic E-state index is 12.9. The summed E-state index contributed by atoms with van der Waals surface area (Å²) in [4.78, 5) is 16.8. The van der Waals surface area contributed by atoms with Crippen LogP contribution in [-0.2, 0) is 16.4 Å². The Hall–Kier alpha value is -3.45. The lowest BCUT2D eigenvalue weighted by Crippen LogP contribution is -2.22. The second-order valence-corrected chi connectivity index (χ2v) is 9.05. The van der Waals surface area contributed by atoms with Gasteiger partial charge >= 0.3 is 0 Å². The Morgan fingerprint density at radius 3 is 2.40 bits per heavy atom. The number of carbonyl (C=O) groups excluding carboxylic acids is 1. The third-order valence-electron chi connectivity index (χ3n) is 5.02. The number of benzene rings is 2. The summed E-state index contributed by atoms with van der Waals surface area (Å²) >= 11 is 0. The molecule has 152 valence electrons. The van der Waals surface area contributed by atoms with Crippen LogP contribution in [0.5, 0.6) is 0 Å². The summed E-state index contributed by atoms with van der Waals surface area (Å²) in [5, 5.41) is 3.58. The van der Waals surface area contributed by atoms with E-state index >= 15 is 0 Å². The van der Waals surface area contributed by atoms with Crippen LogP contribution in [0.3, 0.4) is 0 Å². The Morgan fingerprint density at radius 2 is 1.70 bits per heavy atom. The predicted octanol–water partition coefficient (Wildman–Crippen LogP) is 4.21. The molecule has 30 heavy (non-hydrogen) atoms. The number of amides is 1. The molecule has 0 bridgehead atoms. The molecule has 1 amide bonds. The van der Waals surface area contributed by atoms with E-state index in [-0.39, 0.29) is 28.0 Å². The largest absolute Gasteiger partial charge is 0.449 e. The fourth-order valence-electron chi connectivity index (χ4n) is 3.07. The van der Waals surface area contributed by atoms with E-state index in [0.29, 0.717) is 5.58 Å². The second-order valence-electron chi connectivity index (χ2n) is 7.10. The van der Waals surface area contributed by atoms with Gasteiger partial charge in [0, 0.05) is 18.1 Å². The van der Waals surface area contributed by atoms with Gasteiger partial charge in [-0.15, -0.1) is 0 Å². The minimum atomic E-state index is -3.59. The summed E-state index contributed by atoms with van der Waals surface area (Å²) in [5.74, 6) is -0.148. The van der Waals surface area contributed by atoms with Crippen LogP contribution < -0.4 is 5.32 Å². The quantitative estimate of drug-likeness (QED) is 0.522. The Morgan fingerprint density at radius 1 is 0.967 bits per heavy atom. The highest BCUT2D eigenvalue weighted by Gasteiger charge is 2.18. The fourth-order valence-corrected chi connectivity index (χ4v) is 4.42. The zero-order valence-electron chi connectivity index (χ0n) is 16.5. The van der Waals surface area contributed by atoms with Gasteiger partial charge in [0.15, 0.2) is 11.3 Å². The van der Waals surface area contributed by atoms with Crippen molar-refractivity contribution in [2.24, 2.45) is 0 Å². The van der Waals surface area contributed by atoms with Gasteiger partial charge in [0.05, 0.1) is 16.0 Å². The molecule has 6 nitrogen and oxygen atoms in total. The van der Waals surface area contributed by atoms with Gasteiger partial charge in [-0.05, 0) is 66.9 Å². The van der Waals surface area contributed by atoms with Crippen molar-refractivity contribution < 1.29 is 17.6 Å². The summed E-state index contributed by atoms with van der Waals surface area (Å²) < 4.78 is 31.2. The first-order valence-electron chi connectivity index (χ1n) is 9.37. The number of hydrogen-bond donors (Lipinski definition) is 1. The van der Waals surface area contributed by atoms with Crippen LogP contribution in [0, 0.1) is 13.8 Å². The van der Waals surface area contributed by atoms with E-state index in [0.717, 1.165) is 22.1 Å². The number of fused-ring (bicyclic) bond motifs is 1. The molecular formula is C23H20N2O4S. The zero-order chi connectivity index (χ0) is 21.3. The van der Waals surface area contributed by atoms with Crippen LogP contribution in [0.25, 0.3) is 11.0 Å². The van der Waals surface area contributed by atoms with Crippen LogP contribution in [0.2, 0.25) is 0 Å². The molecule has 0 saturated heterocycles. The van der Waals surface area contributed by atoms with Crippen molar-refractivity contribution in [1.29, 1.82) is 0 Å². The highest BCUT2D eigenvalue weighted by Crippen LogP contribution is 2.23. The number of aromatic nitrogens is 1. The Labute approximate surface area is 174 Å². The van der Waals surface area contributed by atoms with E-state index in [4.69, 9.17) is 4.42 Å². The summed E-state index contributed by atoms with van der Waals surface area (Å²) in [5.41, 5.74) is 3.29. The molecule has 0 fully saturated rings. The Kier molecular flexibility index (Phi) is 5.13. The lowest BCUT2D eigenvalue weighted by atomic mass is 10.1. The van der Waals surface area contributed by atoms with Crippen molar-refractivity contribution in [3.63, 3.8) is 0 Å². The molecule has 2 aromatic carbocycles. The first kappa shape index (κ1) is 19.8. The standard InChI is InChI=1S/C23H20N2O4S/c1-15-3-6-20(11-16(15)2)30(27,28)19-7-4-17(5-8-19)13-25-23(26)21-12-18-9-10-24-14-22(18)29-21/h3-12,14H,13H2,1-2H3,(H,25,26). The number of nitrogens with zero attached hydrogens (tertiary/aromatic N) is 1. The number of furan rings is 1. The molecule has 7 heteroatoms. The van der Waals surface area contributed by atoms with Crippen LogP contribution in [-0.4, -0.2) is 19.3 Å². The van der Waals surface area contributed by atoms with Gasteiger partial charge in [0.1, 0.15) is 0 Å². The number of pyridine rings is 1. The van der Waals surface area contributed by atoms with Gasteiger partial charge in [0.25, 0.3) is 5.91 Å². The molecule has 2 aromatic heterocycles. The van der Waals surface area contributed by atoms with Crippen LogP contribution in [0.1, 0.15) is 27.2 Å². The molecule has 0 spiro atoms. The maximum Gasteiger partial charge on any atom is 0.287 e. The first-order valence-corrected chi connectivity index (χ1v) is 10.9. The topological polar surface area (TPSA) is 89.3 Å². The molecule has 0 radical (unpaired) electrons. The van der Waals surface area contributed by atoms with Crippen LogP contribution >= 0.6 is 0 Å². The van der Waals surface area contributed by atoms with Gasteiger partial charge in [-0.3, -0.25) is 9.78 Å². The molecule has 0 aliphatic rings. The van der Waals surface area contributed by atoms with Gasteiger partial charge in [-0.25, -0.2) is 8.42 Å². The molecule has 2 heterocycles. The molecule has 0 saturated carbocycles. The lowest BCUT2D eigenvalue weighted by Gasteiger charge is -2.09. The van der Waals surface area contributed by atoms with Gasteiger partial charge in [0.2, 0.25) is 9.84 Å². The number of sulfone groups is 1. The Bertz CT molecular complexity index is 1310. The summed E-state index contributed by atoms with van der Waals surface area (Å²) in [6.07, 6.45) is 3.19. The van der Waals surface area contributed by atoms with Crippen molar-refractivity contribution in [1.82, 2.24) is 10.3 Å². The summed E-state index contributed by atoms with van der Waals surface area (Å²) in [6, 6.07) is 15.0. The number of nitrogens with one attached hydrogen (secondary N) is 1. The first-order chi connectivity index (χ1) is 14.3. The molecule has 1 N–H and O–H groups in total. The van der Waals surface area contributed by atoms with E-state index in [9.17, 15) is 13.2 Å². The molecule has 4 rings (SSSR count). The second kappa shape index (κ2) is 7.76. The van der Waals surface area contributed by atoms with E-state index in [1.807, 2.05) is 13.8 Å². The third kappa shape index (κ3) is 3.84. The molecule has 0 unspecified atom stereocenters. The number of carbonyl (C=O) groups is 1. The molecule has 0 atom stereocenters. The van der Waals surface area contributed by atoms with E-state index in [1.165, 1.54) is 0 Å². The van der Waals surface area contributed by atoms with E-state index in [1.54, 1.807) is 67.0 Å². The normalized spacial score (nSPS) is 11.5. The molecule has 0 aliphatic carbocycles. The number of hydrogen-bond acceptors (Lipinski definition) is 5. The van der Waals surface area contributed by atoms with Crippen LogP contribution in [0.4, 0.5) is 0 Å². The average Bonchev–Trinajstić information content (AvgIpc) is 3.18. The van der Waals surface area contributed by atoms with Crippen molar-refractivity contribution in [2.45, 2.75) is 30.2 Å². The minimum Gasteiger partial charge on any atom is -0.449 e. The van der Waals surface area contributed by atoms with Gasteiger partial charge in [-0.2, -0.15) is 0 Å². The van der Waals surface area contributed by atoms with Crippen molar-refractivity contribution in [3.8, 4) is 0 Å². The summed E-state index contributed by atoms with van der Waals surface area (Å²) in [7, 11) is -3.59. The maximum absolute atomic E-state index is 12.9. The monoisotopic (exact) mass is 420 g/mol. The zero-order valence-corrected chi connectivity index (χ0v) is 17.4. The molecular weight excluding hydrogens is 400 g/mol. The SMILES string of the molecule is Cc1ccc(S(=O)(=O)c2ccc(CNC(=O)c3cc4ccncc4o3)cc2)cc1C. The number of aryl methyl sites for hydroxylation is 2. The average molecular weight is 420 g/mol. The Balaban J connectivity index is 1.46. The predicted molar refractivity (Wildman–Crippen MR) is 113 cm³/mol. The minimum absolute atomic E-state index is 0.201. The van der Waals surface area contributed by atoms with Crippen LogP contribution in [0.15, 0.2) is 81.2 Å².